The van der Waals surface area contributed by atoms with Crippen molar-refractivity contribution < 1.29 is 14.3 Å². The first-order chi connectivity index (χ1) is 12.6. The predicted molar refractivity (Wildman–Crippen MR) is 99.3 cm³/mol. The molecule has 0 saturated carbocycles. The SMILES string of the molecule is CCOC(=O)c1cnn(Cc2ccc(Cl)cc2)c1NC1=CC(=O)CCC1. The first kappa shape index (κ1) is 18.2. The Hall–Kier alpha value is -2.60. The number of allylic oxidation sites excluding steroid dienone is 2. The van der Waals surface area contributed by atoms with Gasteiger partial charge < -0.3 is 10.1 Å². The summed E-state index contributed by atoms with van der Waals surface area (Å²) in [6.07, 6.45) is 5.18. The summed E-state index contributed by atoms with van der Waals surface area (Å²) in [6, 6.07) is 7.42. The highest BCUT2D eigenvalue weighted by Crippen LogP contribution is 2.24. The minimum atomic E-state index is -0.444. The van der Waals surface area contributed by atoms with Crippen LogP contribution in [0.2, 0.25) is 5.02 Å². The predicted octanol–water partition coefficient (Wildman–Crippen LogP) is 3.81. The summed E-state index contributed by atoms with van der Waals surface area (Å²) in [5.41, 5.74) is 2.12. The molecule has 0 saturated heterocycles. The minimum Gasteiger partial charge on any atom is -0.462 e. The van der Waals surface area contributed by atoms with E-state index in [2.05, 4.69) is 10.4 Å². The van der Waals surface area contributed by atoms with Gasteiger partial charge >= 0.3 is 5.97 Å². The summed E-state index contributed by atoms with van der Waals surface area (Å²) >= 11 is 5.93. The van der Waals surface area contributed by atoms with E-state index >= 15 is 0 Å². The molecule has 0 bridgehead atoms. The molecule has 1 aromatic carbocycles. The topological polar surface area (TPSA) is 73.2 Å². The summed E-state index contributed by atoms with van der Waals surface area (Å²) in [4.78, 5) is 24.0. The second-order valence-electron chi connectivity index (χ2n) is 6.03. The molecule has 0 spiro atoms. The van der Waals surface area contributed by atoms with Crippen LogP contribution in [0.3, 0.4) is 0 Å². The van der Waals surface area contributed by atoms with E-state index in [0.29, 0.717) is 29.4 Å². The highest BCUT2D eigenvalue weighted by molar-refractivity contribution is 6.30. The third-order valence-electron chi connectivity index (χ3n) is 4.06. The lowest BCUT2D eigenvalue weighted by Crippen LogP contribution is -2.15. The number of ether oxygens (including phenoxy) is 1. The van der Waals surface area contributed by atoms with E-state index < -0.39 is 5.97 Å². The van der Waals surface area contributed by atoms with Crippen LogP contribution in [-0.4, -0.2) is 28.1 Å². The molecule has 1 N–H and O–H groups in total. The molecule has 3 rings (SSSR count). The van der Waals surface area contributed by atoms with Gasteiger partial charge in [-0.05, 0) is 37.5 Å². The van der Waals surface area contributed by atoms with Gasteiger partial charge in [-0.3, -0.25) is 4.79 Å². The Morgan fingerprint density at radius 2 is 2.08 bits per heavy atom. The molecule has 6 nitrogen and oxygen atoms in total. The summed E-state index contributed by atoms with van der Waals surface area (Å²) < 4.78 is 6.81. The van der Waals surface area contributed by atoms with Crippen molar-refractivity contribution in [3.8, 4) is 0 Å². The van der Waals surface area contributed by atoms with Gasteiger partial charge in [0.05, 0.1) is 19.3 Å². The van der Waals surface area contributed by atoms with Crippen molar-refractivity contribution in [3.05, 3.63) is 58.4 Å². The van der Waals surface area contributed by atoms with Crippen LogP contribution in [0.1, 0.15) is 42.1 Å². The molecule has 0 radical (unpaired) electrons. The average Bonchev–Trinajstić information content (AvgIpc) is 3.00. The molecule has 1 aliphatic carbocycles. The third kappa shape index (κ3) is 4.32. The van der Waals surface area contributed by atoms with E-state index in [1.807, 2.05) is 24.3 Å². The van der Waals surface area contributed by atoms with Gasteiger partial charge in [0, 0.05) is 23.2 Å². The number of nitrogens with zero attached hydrogens (tertiary/aromatic N) is 2. The number of benzene rings is 1. The fraction of sp³-hybridized carbons (Fsp3) is 0.316. The number of aromatic nitrogens is 2. The quantitative estimate of drug-likeness (QED) is 0.779. The number of halogens is 1. The second kappa shape index (κ2) is 8.19. The Labute approximate surface area is 156 Å². The standard InChI is InChI=1S/C19H20ClN3O3/c1-2-26-19(25)17-11-21-23(12-13-6-8-14(20)9-7-13)18(17)22-15-4-3-5-16(24)10-15/h6-11,22H,2-5,12H2,1H3. The Kier molecular flexibility index (Phi) is 5.73. The van der Waals surface area contributed by atoms with Gasteiger partial charge in [-0.2, -0.15) is 5.10 Å². The Bertz CT molecular complexity index is 840. The molecule has 7 heteroatoms. The summed E-state index contributed by atoms with van der Waals surface area (Å²) in [6.45, 7) is 2.49. The molecule has 1 aliphatic rings. The normalized spacial score (nSPS) is 14.1. The van der Waals surface area contributed by atoms with Gasteiger partial charge in [-0.1, -0.05) is 23.7 Å². The van der Waals surface area contributed by atoms with Crippen LogP contribution in [0.15, 0.2) is 42.2 Å². The zero-order valence-corrected chi connectivity index (χ0v) is 15.3. The lowest BCUT2D eigenvalue weighted by Gasteiger charge is -2.17. The zero-order chi connectivity index (χ0) is 18.5. The van der Waals surface area contributed by atoms with Gasteiger partial charge in [-0.25, -0.2) is 9.48 Å². The molecule has 0 fully saturated rings. The van der Waals surface area contributed by atoms with Gasteiger partial charge in [0.15, 0.2) is 5.78 Å². The molecule has 0 amide bonds. The number of hydrogen-bond acceptors (Lipinski definition) is 5. The number of carbonyl (C=O) groups is 2. The third-order valence-corrected chi connectivity index (χ3v) is 4.32. The van der Waals surface area contributed by atoms with Crippen molar-refractivity contribution in [3.63, 3.8) is 0 Å². The van der Waals surface area contributed by atoms with Gasteiger partial charge in [0.25, 0.3) is 0 Å². The van der Waals surface area contributed by atoms with Crippen molar-refractivity contribution in [1.82, 2.24) is 9.78 Å². The smallest absolute Gasteiger partial charge is 0.343 e. The van der Waals surface area contributed by atoms with Crippen LogP contribution in [0.4, 0.5) is 5.82 Å². The van der Waals surface area contributed by atoms with Crippen LogP contribution in [0.5, 0.6) is 0 Å². The number of ketones is 1. The lowest BCUT2D eigenvalue weighted by atomic mass is 10.0. The number of esters is 1. The van der Waals surface area contributed by atoms with Gasteiger partial charge in [0.2, 0.25) is 0 Å². The molecule has 0 atom stereocenters. The van der Waals surface area contributed by atoms with E-state index in [1.165, 1.54) is 6.20 Å². The van der Waals surface area contributed by atoms with Crippen LogP contribution in [0, 0.1) is 0 Å². The van der Waals surface area contributed by atoms with Crippen molar-refractivity contribution >= 4 is 29.2 Å². The van der Waals surface area contributed by atoms with Crippen LogP contribution in [-0.2, 0) is 16.1 Å². The fourth-order valence-corrected chi connectivity index (χ4v) is 2.93. The van der Waals surface area contributed by atoms with Crippen LogP contribution >= 0.6 is 11.6 Å². The van der Waals surface area contributed by atoms with Crippen molar-refractivity contribution in [1.29, 1.82) is 0 Å². The maximum absolute atomic E-state index is 12.3. The number of rotatable bonds is 6. The Balaban J connectivity index is 1.91. The van der Waals surface area contributed by atoms with E-state index in [0.717, 1.165) is 24.1 Å². The summed E-state index contributed by atoms with van der Waals surface area (Å²) in [5, 5.41) is 8.20. The Morgan fingerprint density at radius 1 is 1.31 bits per heavy atom. The molecule has 0 aliphatic heterocycles. The largest absolute Gasteiger partial charge is 0.462 e. The molecule has 0 unspecified atom stereocenters. The molecular weight excluding hydrogens is 354 g/mol. The molecule has 1 aromatic heterocycles. The molecular formula is C19H20ClN3O3. The number of hydrogen-bond donors (Lipinski definition) is 1. The molecule has 1 heterocycles. The number of anilines is 1. The molecule has 136 valence electrons. The first-order valence-electron chi connectivity index (χ1n) is 8.54. The minimum absolute atomic E-state index is 0.0835. The monoisotopic (exact) mass is 373 g/mol. The number of nitrogens with one attached hydrogen (secondary N) is 1. The van der Waals surface area contributed by atoms with E-state index in [1.54, 1.807) is 17.7 Å². The van der Waals surface area contributed by atoms with E-state index in [-0.39, 0.29) is 12.4 Å². The molecule has 26 heavy (non-hydrogen) atoms. The van der Waals surface area contributed by atoms with Crippen LogP contribution < -0.4 is 5.32 Å². The first-order valence-corrected chi connectivity index (χ1v) is 8.92. The Morgan fingerprint density at radius 3 is 2.77 bits per heavy atom. The van der Waals surface area contributed by atoms with Gasteiger partial charge in [0.1, 0.15) is 11.4 Å². The van der Waals surface area contributed by atoms with Crippen molar-refractivity contribution in [2.75, 3.05) is 11.9 Å². The van der Waals surface area contributed by atoms with Gasteiger partial charge in [-0.15, -0.1) is 0 Å². The van der Waals surface area contributed by atoms with Crippen molar-refractivity contribution in [2.24, 2.45) is 0 Å². The fourth-order valence-electron chi connectivity index (χ4n) is 2.80. The highest BCUT2D eigenvalue weighted by atomic mass is 35.5. The lowest BCUT2D eigenvalue weighted by molar-refractivity contribution is -0.115. The summed E-state index contributed by atoms with van der Waals surface area (Å²) in [7, 11) is 0. The maximum Gasteiger partial charge on any atom is 0.343 e. The zero-order valence-electron chi connectivity index (χ0n) is 14.5. The highest BCUT2D eigenvalue weighted by Gasteiger charge is 2.21. The van der Waals surface area contributed by atoms with Crippen molar-refractivity contribution in [2.45, 2.75) is 32.7 Å². The average molecular weight is 374 g/mol. The van der Waals surface area contributed by atoms with E-state index in [9.17, 15) is 9.59 Å². The maximum atomic E-state index is 12.3. The summed E-state index contributed by atoms with van der Waals surface area (Å²) in [5.74, 6) is 0.166. The number of carbonyl (C=O) groups excluding carboxylic acids is 2. The van der Waals surface area contributed by atoms with Crippen LogP contribution in [0.25, 0.3) is 0 Å². The molecule has 2 aromatic rings. The second-order valence-corrected chi connectivity index (χ2v) is 6.46. The van der Waals surface area contributed by atoms with E-state index in [4.69, 9.17) is 16.3 Å².